The maximum Gasteiger partial charge on any atom is 0.272 e. The number of nitrogens with zero attached hydrogens (tertiary/aromatic N) is 2. The number of hydrogen-bond acceptors (Lipinski definition) is 4. The highest BCUT2D eigenvalue weighted by atomic mass is 16.6. The van der Waals surface area contributed by atoms with E-state index >= 15 is 0 Å². The summed E-state index contributed by atoms with van der Waals surface area (Å²) in [4.78, 5) is 13.0. The first kappa shape index (κ1) is 14.0. The van der Waals surface area contributed by atoms with Crippen molar-refractivity contribution in [3.05, 3.63) is 39.4 Å². The maximum absolute atomic E-state index is 11.0. The lowest BCUT2D eigenvalue weighted by Gasteiger charge is -2.35. The van der Waals surface area contributed by atoms with Gasteiger partial charge in [0.2, 0.25) is 0 Å². The minimum absolute atomic E-state index is 0.172. The van der Waals surface area contributed by atoms with Crippen molar-refractivity contribution in [2.24, 2.45) is 5.73 Å². The molecule has 1 saturated heterocycles. The normalized spacial score (nSPS) is 22.2. The van der Waals surface area contributed by atoms with Gasteiger partial charge >= 0.3 is 0 Å². The summed E-state index contributed by atoms with van der Waals surface area (Å²) in [6.07, 6.45) is 2.16. The monoisotopic (exact) mass is 263 g/mol. The molecule has 0 spiro atoms. The van der Waals surface area contributed by atoms with E-state index in [4.69, 9.17) is 5.73 Å². The molecule has 0 aliphatic carbocycles. The molecule has 2 unspecified atom stereocenters. The van der Waals surface area contributed by atoms with Gasteiger partial charge in [0.15, 0.2) is 0 Å². The van der Waals surface area contributed by atoms with Crippen LogP contribution in [-0.4, -0.2) is 29.0 Å². The highest BCUT2D eigenvalue weighted by Crippen LogP contribution is 2.28. The predicted molar refractivity (Wildman–Crippen MR) is 75.0 cm³/mol. The molecule has 0 radical (unpaired) electrons. The van der Waals surface area contributed by atoms with Gasteiger partial charge in [-0.15, -0.1) is 0 Å². The van der Waals surface area contributed by atoms with Crippen LogP contribution in [0.5, 0.6) is 0 Å². The second kappa shape index (κ2) is 5.67. The Labute approximate surface area is 113 Å². The molecule has 104 valence electrons. The fourth-order valence-corrected chi connectivity index (χ4v) is 2.69. The van der Waals surface area contributed by atoms with Crippen molar-refractivity contribution in [1.29, 1.82) is 0 Å². The van der Waals surface area contributed by atoms with Gasteiger partial charge in [-0.3, -0.25) is 15.0 Å². The molecule has 0 saturated carbocycles. The Morgan fingerprint density at radius 1 is 1.53 bits per heavy atom. The number of hydrogen-bond donors (Lipinski definition) is 1. The van der Waals surface area contributed by atoms with Gasteiger partial charge in [0.05, 0.1) is 4.92 Å². The Bertz CT molecular complexity index is 476. The smallest absolute Gasteiger partial charge is 0.272 e. The molecule has 1 aliphatic heterocycles. The van der Waals surface area contributed by atoms with E-state index in [1.165, 1.54) is 0 Å². The van der Waals surface area contributed by atoms with E-state index in [-0.39, 0.29) is 22.7 Å². The second-order valence-electron chi connectivity index (χ2n) is 5.38. The maximum atomic E-state index is 11.0. The molecular weight excluding hydrogens is 242 g/mol. The molecule has 1 fully saturated rings. The molecule has 0 bridgehead atoms. The number of nitrogens with two attached hydrogens (primary N) is 1. The number of aryl methyl sites for hydroxylation is 1. The Morgan fingerprint density at radius 3 is 2.89 bits per heavy atom. The summed E-state index contributed by atoms with van der Waals surface area (Å²) in [5.74, 6) is 0. The average molecular weight is 263 g/mol. The van der Waals surface area contributed by atoms with Gasteiger partial charge in [0, 0.05) is 30.3 Å². The number of piperidine rings is 1. The molecule has 2 N–H and O–H groups in total. The summed E-state index contributed by atoms with van der Waals surface area (Å²) in [6.45, 7) is 5.73. The van der Waals surface area contributed by atoms with Crippen molar-refractivity contribution >= 4 is 5.69 Å². The van der Waals surface area contributed by atoms with E-state index in [1.807, 2.05) is 12.1 Å². The van der Waals surface area contributed by atoms with Crippen LogP contribution in [-0.2, 0) is 0 Å². The van der Waals surface area contributed by atoms with E-state index < -0.39 is 0 Å². The molecule has 5 nitrogen and oxygen atoms in total. The highest BCUT2D eigenvalue weighted by Gasteiger charge is 2.23. The lowest BCUT2D eigenvalue weighted by atomic mass is 9.99. The summed E-state index contributed by atoms with van der Waals surface area (Å²) in [6, 6.07) is 5.89. The van der Waals surface area contributed by atoms with Crippen LogP contribution in [0.1, 0.15) is 36.9 Å². The SMILES string of the molecule is Cc1ccc(C(C)N2CCCC(N)C2)cc1[N+](=O)[O-]. The lowest BCUT2D eigenvalue weighted by molar-refractivity contribution is -0.385. The van der Waals surface area contributed by atoms with Crippen LogP contribution in [0.3, 0.4) is 0 Å². The van der Waals surface area contributed by atoms with Crippen LogP contribution in [0.2, 0.25) is 0 Å². The van der Waals surface area contributed by atoms with Crippen LogP contribution in [0.25, 0.3) is 0 Å². The van der Waals surface area contributed by atoms with Crippen molar-refractivity contribution in [1.82, 2.24) is 4.90 Å². The fraction of sp³-hybridized carbons (Fsp3) is 0.571. The standard InChI is InChI=1S/C14H21N3O2/c1-10-5-6-12(8-14(10)17(18)19)11(2)16-7-3-4-13(15)9-16/h5-6,8,11,13H,3-4,7,9,15H2,1-2H3. The number of nitro groups is 1. The molecule has 2 rings (SSSR count). The van der Waals surface area contributed by atoms with Crippen molar-refractivity contribution in [2.45, 2.75) is 38.8 Å². The van der Waals surface area contributed by atoms with E-state index in [0.717, 1.165) is 31.5 Å². The Kier molecular flexibility index (Phi) is 4.17. The van der Waals surface area contributed by atoms with Crippen molar-refractivity contribution < 1.29 is 4.92 Å². The quantitative estimate of drug-likeness (QED) is 0.671. The summed E-state index contributed by atoms with van der Waals surface area (Å²) in [7, 11) is 0. The Hall–Kier alpha value is -1.46. The van der Waals surface area contributed by atoms with E-state index in [9.17, 15) is 10.1 Å². The fourth-order valence-electron chi connectivity index (χ4n) is 2.69. The highest BCUT2D eigenvalue weighted by molar-refractivity contribution is 5.43. The number of benzene rings is 1. The van der Waals surface area contributed by atoms with E-state index in [1.54, 1.807) is 13.0 Å². The van der Waals surface area contributed by atoms with Gasteiger partial charge in [-0.1, -0.05) is 12.1 Å². The molecule has 2 atom stereocenters. The second-order valence-corrected chi connectivity index (χ2v) is 5.38. The van der Waals surface area contributed by atoms with E-state index in [0.29, 0.717) is 5.56 Å². The summed E-state index contributed by atoms with van der Waals surface area (Å²) >= 11 is 0. The summed E-state index contributed by atoms with van der Waals surface area (Å²) in [5, 5.41) is 11.0. The first-order chi connectivity index (χ1) is 8.99. The first-order valence-corrected chi connectivity index (χ1v) is 6.73. The number of rotatable bonds is 3. The van der Waals surface area contributed by atoms with Gasteiger partial charge in [-0.2, -0.15) is 0 Å². The molecule has 1 heterocycles. The Balaban J connectivity index is 2.21. The zero-order chi connectivity index (χ0) is 14.0. The lowest BCUT2D eigenvalue weighted by Crippen LogP contribution is -2.43. The number of nitro benzene ring substituents is 1. The number of likely N-dealkylation sites (tertiary alicyclic amines) is 1. The van der Waals surface area contributed by atoms with Crippen molar-refractivity contribution in [3.8, 4) is 0 Å². The zero-order valence-corrected chi connectivity index (χ0v) is 11.5. The third kappa shape index (κ3) is 3.11. The van der Waals surface area contributed by atoms with Crippen LogP contribution in [0.4, 0.5) is 5.69 Å². The third-order valence-electron chi connectivity index (χ3n) is 3.95. The summed E-state index contributed by atoms with van der Waals surface area (Å²) in [5.41, 5.74) is 7.89. The largest absolute Gasteiger partial charge is 0.327 e. The molecule has 5 heteroatoms. The predicted octanol–water partition coefficient (Wildman–Crippen LogP) is 2.39. The third-order valence-corrected chi connectivity index (χ3v) is 3.95. The molecule has 0 amide bonds. The zero-order valence-electron chi connectivity index (χ0n) is 11.5. The average Bonchev–Trinajstić information content (AvgIpc) is 2.38. The molecular formula is C14H21N3O2. The van der Waals surface area contributed by atoms with Gasteiger partial charge in [0.1, 0.15) is 0 Å². The topological polar surface area (TPSA) is 72.4 Å². The van der Waals surface area contributed by atoms with Crippen molar-refractivity contribution in [2.75, 3.05) is 13.1 Å². The first-order valence-electron chi connectivity index (χ1n) is 6.73. The minimum Gasteiger partial charge on any atom is -0.327 e. The van der Waals surface area contributed by atoms with Gasteiger partial charge in [0.25, 0.3) is 5.69 Å². The molecule has 1 aliphatic rings. The van der Waals surface area contributed by atoms with Gasteiger partial charge in [-0.25, -0.2) is 0 Å². The molecule has 19 heavy (non-hydrogen) atoms. The van der Waals surface area contributed by atoms with Crippen LogP contribution >= 0.6 is 0 Å². The van der Waals surface area contributed by atoms with Crippen LogP contribution in [0, 0.1) is 17.0 Å². The molecule has 1 aromatic carbocycles. The minimum atomic E-state index is -0.312. The molecule has 1 aromatic rings. The van der Waals surface area contributed by atoms with E-state index in [2.05, 4.69) is 11.8 Å². The van der Waals surface area contributed by atoms with Crippen molar-refractivity contribution in [3.63, 3.8) is 0 Å². The Morgan fingerprint density at radius 2 is 2.26 bits per heavy atom. The van der Waals surface area contributed by atoms with Gasteiger partial charge < -0.3 is 5.73 Å². The summed E-state index contributed by atoms with van der Waals surface area (Å²) < 4.78 is 0. The molecule has 0 aromatic heterocycles. The van der Waals surface area contributed by atoms with Crippen LogP contribution in [0.15, 0.2) is 18.2 Å². The van der Waals surface area contributed by atoms with Gasteiger partial charge in [-0.05, 0) is 38.8 Å². The van der Waals surface area contributed by atoms with Crippen LogP contribution < -0.4 is 5.73 Å².